The molecule has 1 aliphatic rings. The molecule has 0 unspecified atom stereocenters. The van der Waals surface area contributed by atoms with Gasteiger partial charge in [-0.25, -0.2) is 0 Å². The van der Waals surface area contributed by atoms with E-state index in [4.69, 9.17) is 4.74 Å². The molecule has 3 heteroatoms. The average Bonchev–Trinajstić information content (AvgIpc) is 2.39. The van der Waals surface area contributed by atoms with Crippen LogP contribution >= 0.6 is 0 Å². The molecule has 108 valence electrons. The Labute approximate surface area is 120 Å². The van der Waals surface area contributed by atoms with Crippen molar-refractivity contribution in [2.45, 2.75) is 45.4 Å². The summed E-state index contributed by atoms with van der Waals surface area (Å²) in [6.07, 6.45) is 2.42. The summed E-state index contributed by atoms with van der Waals surface area (Å²) in [7, 11) is 0. The van der Waals surface area contributed by atoms with Crippen LogP contribution in [0.3, 0.4) is 0 Å². The summed E-state index contributed by atoms with van der Waals surface area (Å²) in [6, 6.07) is 10.1. The fourth-order valence-corrected chi connectivity index (χ4v) is 2.99. The minimum Gasteiger partial charge on any atom is -0.465 e. The third-order valence-corrected chi connectivity index (χ3v) is 4.14. The van der Waals surface area contributed by atoms with Crippen molar-refractivity contribution in [1.82, 2.24) is 0 Å². The maximum absolute atomic E-state index is 12.3. The van der Waals surface area contributed by atoms with Gasteiger partial charge in [-0.15, -0.1) is 0 Å². The van der Waals surface area contributed by atoms with E-state index >= 15 is 0 Å². The van der Waals surface area contributed by atoms with Gasteiger partial charge in [0.2, 0.25) is 0 Å². The second-order valence-electron chi connectivity index (χ2n) is 5.49. The van der Waals surface area contributed by atoms with E-state index in [0.29, 0.717) is 31.8 Å². The van der Waals surface area contributed by atoms with E-state index in [9.17, 15) is 9.59 Å². The Hall–Kier alpha value is -1.64. The van der Waals surface area contributed by atoms with Crippen LogP contribution in [0.4, 0.5) is 0 Å². The van der Waals surface area contributed by atoms with Crippen LogP contribution in [0.1, 0.15) is 51.0 Å². The van der Waals surface area contributed by atoms with E-state index in [1.165, 1.54) is 5.56 Å². The van der Waals surface area contributed by atoms with E-state index in [2.05, 4.69) is 12.1 Å². The molecule has 3 nitrogen and oxygen atoms in total. The summed E-state index contributed by atoms with van der Waals surface area (Å²) in [4.78, 5) is 24.5. The number of esters is 1. The summed E-state index contributed by atoms with van der Waals surface area (Å²) in [6.45, 7) is 4.07. The zero-order valence-electron chi connectivity index (χ0n) is 12.2. The van der Waals surface area contributed by atoms with Crippen LogP contribution in [-0.4, -0.2) is 18.4 Å². The van der Waals surface area contributed by atoms with E-state index in [0.717, 1.165) is 6.42 Å². The van der Waals surface area contributed by atoms with Crippen molar-refractivity contribution >= 4 is 11.8 Å². The highest BCUT2D eigenvalue weighted by molar-refractivity contribution is 6.05. The van der Waals surface area contributed by atoms with Crippen LogP contribution in [0.25, 0.3) is 0 Å². The van der Waals surface area contributed by atoms with Crippen molar-refractivity contribution in [2.75, 3.05) is 6.61 Å². The number of Topliss-reactive ketones (excluding diaryl/α,β-unsaturated/α-hetero) is 1. The lowest BCUT2D eigenvalue weighted by Gasteiger charge is -2.44. The molecule has 0 saturated heterocycles. The number of ketones is 1. The minimum atomic E-state index is -0.882. The summed E-state index contributed by atoms with van der Waals surface area (Å²) >= 11 is 0. The van der Waals surface area contributed by atoms with Crippen molar-refractivity contribution in [1.29, 1.82) is 0 Å². The predicted molar refractivity (Wildman–Crippen MR) is 77.4 cm³/mol. The van der Waals surface area contributed by atoms with E-state index in [1.54, 1.807) is 6.92 Å². The van der Waals surface area contributed by atoms with Crippen molar-refractivity contribution in [3.8, 4) is 0 Å². The number of benzene rings is 1. The Morgan fingerprint density at radius 1 is 1.20 bits per heavy atom. The highest BCUT2D eigenvalue weighted by atomic mass is 16.5. The lowest BCUT2D eigenvalue weighted by atomic mass is 9.57. The lowest BCUT2D eigenvalue weighted by Crippen LogP contribution is -2.49. The molecule has 1 aromatic rings. The number of hydrogen-bond donors (Lipinski definition) is 0. The number of carbonyl (C=O) groups excluding carboxylic acids is 2. The molecule has 20 heavy (non-hydrogen) atoms. The standard InChI is InChI=1S/C17H22O3/c1-3-8-15(18)17(16(19)20-4-2)11-14(12-17)13-9-6-5-7-10-13/h5-7,9-10,14H,3-4,8,11-12H2,1-2H3. The number of rotatable bonds is 6. The summed E-state index contributed by atoms with van der Waals surface area (Å²) < 4.78 is 5.14. The van der Waals surface area contributed by atoms with Gasteiger partial charge in [-0.05, 0) is 37.7 Å². The largest absolute Gasteiger partial charge is 0.465 e. The van der Waals surface area contributed by atoms with Crippen molar-refractivity contribution in [2.24, 2.45) is 5.41 Å². The molecular formula is C17H22O3. The Morgan fingerprint density at radius 2 is 1.85 bits per heavy atom. The molecule has 1 fully saturated rings. The summed E-state index contributed by atoms with van der Waals surface area (Å²) in [5.74, 6) is 0.0117. The van der Waals surface area contributed by atoms with E-state index in [-0.39, 0.29) is 11.8 Å². The lowest BCUT2D eigenvalue weighted by molar-refractivity contribution is -0.167. The van der Waals surface area contributed by atoms with Gasteiger partial charge in [-0.3, -0.25) is 9.59 Å². The van der Waals surface area contributed by atoms with Gasteiger partial charge in [0, 0.05) is 6.42 Å². The highest BCUT2D eigenvalue weighted by Crippen LogP contribution is 2.53. The first kappa shape index (κ1) is 14.8. The zero-order chi connectivity index (χ0) is 14.6. The first-order chi connectivity index (χ1) is 9.64. The average molecular weight is 274 g/mol. The predicted octanol–water partition coefficient (Wildman–Crippen LogP) is 3.48. The molecule has 0 heterocycles. The van der Waals surface area contributed by atoms with E-state index < -0.39 is 5.41 Å². The molecule has 1 aromatic carbocycles. The fourth-order valence-electron chi connectivity index (χ4n) is 2.99. The minimum absolute atomic E-state index is 0.0469. The Bertz CT molecular complexity index is 452. The molecule has 0 aromatic heterocycles. The van der Waals surface area contributed by atoms with Gasteiger partial charge in [0.1, 0.15) is 11.2 Å². The van der Waals surface area contributed by atoms with Crippen LogP contribution < -0.4 is 0 Å². The summed E-state index contributed by atoms with van der Waals surface area (Å²) in [5, 5.41) is 0. The highest BCUT2D eigenvalue weighted by Gasteiger charge is 2.56. The van der Waals surface area contributed by atoms with Gasteiger partial charge in [0.25, 0.3) is 0 Å². The molecule has 0 bridgehead atoms. The number of carbonyl (C=O) groups is 2. The molecule has 1 saturated carbocycles. The second kappa shape index (κ2) is 6.21. The zero-order valence-corrected chi connectivity index (χ0v) is 12.2. The topological polar surface area (TPSA) is 43.4 Å². The third-order valence-electron chi connectivity index (χ3n) is 4.14. The van der Waals surface area contributed by atoms with Crippen LogP contribution in [0.2, 0.25) is 0 Å². The number of ether oxygens (including phenoxy) is 1. The molecule has 0 spiro atoms. The van der Waals surface area contributed by atoms with Crippen molar-refractivity contribution < 1.29 is 14.3 Å². The SMILES string of the molecule is CCCC(=O)C1(C(=O)OCC)CC(c2ccccc2)C1. The molecule has 2 rings (SSSR count). The van der Waals surface area contributed by atoms with Gasteiger partial charge < -0.3 is 4.74 Å². The molecule has 0 amide bonds. The normalized spacial score (nSPS) is 24.8. The first-order valence-corrected chi connectivity index (χ1v) is 7.39. The second-order valence-corrected chi connectivity index (χ2v) is 5.49. The maximum atomic E-state index is 12.3. The van der Waals surface area contributed by atoms with E-state index in [1.807, 2.05) is 25.1 Å². The third kappa shape index (κ3) is 2.62. The molecule has 0 radical (unpaired) electrons. The molecular weight excluding hydrogens is 252 g/mol. The van der Waals surface area contributed by atoms with Crippen LogP contribution in [0, 0.1) is 5.41 Å². The van der Waals surface area contributed by atoms with Gasteiger partial charge in [0.05, 0.1) is 6.61 Å². The van der Waals surface area contributed by atoms with Crippen molar-refractivity contribution in [3.63, 3.8) is 0 Å². The smallest absolute Gasteiger partial charge is 0.319 e. The van der Waals surface area contributed by atoms with Gasteiger partial charge in [-0.2, -0.15) is 0 Å². The first-order valence-electron chi connectivity index (χ1n) is 7.39. The Balaban J connectivity index is 2.13. The number of hydrogen-bond acceptors (Lipinski definition) is 3. The maximum Gasteiger partial charge on any atom is 0.319 e. The quantitative estimate of drug-likeness (QED) is 0.589. The summed E-state index contributed by atoms with van der Waals surface area (Å²) in [5.41, 5.74) is 0.323. The van der Waals surface area contributed by atoms with Crippen LogP contribution in [-0.2, 0) is 14.3 Å². The van der Waals surface area contributed by atoms with Crippen LogP contribution in [0.15, 0.2) is 30.3 Å². The van der Waals surface area contributed by atoms with Crippen LogP contribution in [0.5, 0.6) is 0 Å². The van der Waals surface area contributed by atoms with Gasteiger partial charge in [0.15, 0.2) is 0 Å². The monoisotopic (exact) mass is 274 g/mol. The Morgan fingerprint density at radius 3 is 2.40 bits per heavy atom. The van der Waals surface area contributed by atoms with Crippen molar-refractivity contribution in [3.05, 3.63) is 35.9 Å². The van der Waals surface area contributed by atoms with Gasteiger partial charge in [-0.1, -0.05) is 37.3 Å². The molecule has 0 aliphatic heterocycles. The van der Waals surface area contributed by atoms with Gasteiger partial charge >= 0.3 is 5.97 Å². The molecule has 0 atom stereocenters. The Kier molecular flexibility index (Phi) is 4.58. The molecule has 0 N–H and O–H groups in total. The fraction of sp³-hybridized carbons (Fsp3) is 0.529. The molecule has 1 aliphatic carbocycles.